The third kappa shape index (κ3) is 2.17. The lowest BCUT2D eigenvalue weighted by atomic mass is 10.1. The van der Waals surface area contributed by atoms with Gasteiger partial charge in [0.05, 0.1) is 21.3 Å². The first kappa shape index (κ1) is 12.0. The molecule has 2 rings (SSSR count). The van der Waals surface area contributed by atoms with E-state index in [4.69, 9.17) is 19.3 Å². The summed E-state index contributed by atoms with van der Waals surface area (Å²) in [5.74, 6) is 2.74. The summed E-state index contributed by atoms with van der Waals surface area (Å²) in [4.78, 5) is 0. The van der Waals surface area contributed by atoms with E-state index in [0.29, 0.717) is 29.1 Å². The van der Waals surface area contributed by atoms with E-state index < -0.39 is 0 Å². The molecule has 17 heavy (non-hydrogen) atoms. The van der Waals surface area contributed by atoms with E-state index in [1.807, 2.05) is 12.1 Å². The third-order valence-corrected chi connectivity index (χ3v) is 3.27. The second-order valence-corrected chi connectivity index (χ2v) is 4.24. The number of ether oxygens (including phenoxy) is 3. The molecule has 0 heterocycles. The van der Waals surface area contributed by atoms with Crippen molar-refractivity contribution in [1.29, 1.82) is 0 Å². The van der Waals surface area contributed by atoms with E-state index in [1.165, 1.54) is 0 Å². The van der Waals surface area contributed by atoms with Crippen molar-refractivity contribution in [3.05, 3.63) is 17.7 Å². The van der Waals surface area contributed by atoms with Crippen LogP contribution in [0.1, 0.15) is 17.9 Å². The Morgan fingerprint density at radius 2 is 1.71 bits per heavy atom. The molecule has 0 unspecified atom stereocenters. The Morgan fingerprint density at radius 1 is 1.12 bits per heavy atom. The zero-order valence-corrected chi connectivity index (χ0v) is 10.4. The van der Waals surface area contributed by atoms with Crippen LogP contribution in [0.4, 0.5) is 0 Å². The number of methoxy groups -OCH3 is 3. The summed E-state index contributed by atoms with van der Waals surface area (Å²) in [5, 5.41) is 9.10. The molecule has 1 saturated carbocycles. The molecule has 0 saturated heterocycles. The van der Waals surface area contributed by atoms with Gasteiger partial charge in [-0.1, -0.05) is 0 Å². The molecule has 0 amide bonds. The molecule has 4 heteroatoms. The normalized spacial score (nSPS) is 22.1. The average Bonchev–Trinajstić information content (AvgIpc) is 3.16. The van der Waals surface area contributed by atoms with Gasteiger partial charge < -0.3 is 19.3 Å². The van der Waals surface area contributed by atoms with E-state index >= 15 is 0 Å². The van der Waals surface area contributed by atoms with Gasteiger partial charge in [-0.05, 0) is 36.0 Å². The van der Waals surface area contributed by atoms with Crippen molar-refractivity contribution in [2.45, 2.75) is 12.3 Å². The lowest BCUT2D eigenvalue weighted by Crippen LogP contribution is -1.97. The summed E-state index contributed by atoms with van der Waals surface area (Å²) in [6.07, 6.45) is 1.02. The van der Waals surface area contributed by atoms with Gasteiger partial charge in [-0.25, -0.2) is 0 Å². The lowest BCUT2D eigenvalue weighted by molar-refractivity contribution is 0.273. The van der Waals surface area contributed by atoms with Crippen molar-refractivity contribution in [1.82, 2.24) is 0 Å². The van der Waals surface area contributed by atoms with Crippen molar-refractivity contribution in [3.63, 3.8) is 0 Å². The van der Waals surface area contributed by atoms with Crippen LogP contribution < -0.4 is 14.2 Å². The fourth-order valence-electron chi connectivity index (χ4n) is 2.17. The van der Waals surface area contributed by atoms with Gasteiger partial charge in [0.25, 0.3) is 0 Å². The molecule has 0 bridgehead atoms. The minimum atomic E-state index is 0.237. The summed E-state index contributed by atoms with van der Waals surface area (Å²) < 4.78 is 15.9. The minimum Gasteiger partial charge on any atom is -0.493 e. The standard InChI is InChI=1S/C13H18O4/c1-15-11-5-8(10-4-9(10)7-14)6-12(16-2)13(11)17-3/h5-6,9-10,14H,4,7H2,1-3H3/t9-,10-/m0/s1. The number of benzene rings is 1. The summed E-state index contributed by atoms with van der Waals surface area (Å²) in [7, 11) is 4.81. The van der Waals surface area contributed by atoms with E-state index in [1.54, 1.807) is 21.3 Å². The minimum absolute atomic E-state index is 0.237. The third-order valence-electron chi connectivity index (χ3n) is 3.27. The van der Waals surface area contributed by atoms with E-state index in [-0.39, 0.29) is 6.61 Å². The zero-order chi connectivity index (χ0) is 12.4. The number of aliphatic hydroxyl groups is 1. The Morgan fingerprint density at radius 3 is 2.06 bits per heavy atom. The Kier molecular flexibility index (Phi) is 3.43. The van der Waals surface area contributed by atoms with Crippen molar-refractivity contribution < 1.29 is 19.3 Å². The summed E-state index contributed by atoms with van der Waals surface area (Å²) >= 11 is 0. The molecule has 1 N–H and O–H groups in total. The van der Waals surface area contributed by atoms with Gasteiger partial charge in [0.2, 0.25) is 5.75 Å². The van der Waals surface area contributed by atoms with Gasteiger partial charge in [-0.2, -0.15) is 0 Å². The second kappa shape index (κ2) is 4.84. The van der Waals surface area contributed by atoms with Gasteiger partial charge >= 0.3 is 0 Å². The van der Waals surface area contributed by atoms with Gasteiger partial charge in [0.15, 0.2) is 11.5 Å². The molecule has 1 aromatic rings. The molecule has 1 aliphatic carbocycles. The van der Waals surface area contributed by atoms with Gasteiger partial charge in [0.1, 0.15) is 0 Å². The Labute approximate surface area is 101 Å². The predicted octanol–water partition coefficient (Wildman–Crippen LogP) is 1.81. The summed E-state index contributed by atoms with van der Waals surface area (Å²) in [6.45, 7) is 0.237. The van der Waals surface area contributed by atoms with Crippen LogP contribution in [0.5, 0.6) is 17.2 Å². The smallest absolute Gasteiger partial charge is 0.203 e. The number of aliphatic hydroxyl groups excluding tert-OH is 1. The van der Waals surface area contributed by atoms with Crippen LogP contribution in [0.2, 0.25) is 0 Å². The second-order valence-electron chi connectivity index (χ2n) is 4.24. The monoisotopic (exact) mass is 238 g/mol. The number of hydrogen-bond acceptors (Lipinski definition) is 4. The van der Waals surface area contributed by atoms with Crippen LogP contribution in [-0.4, -0.2) is 33.0 Å². The number of rotatable bonds is 5. The summed E-state index contributed by atoms with van der Waals surface area (Å²) in [6, 6.07) is 3.92. The van der Waals surface area contributed by atoms with Crippen molar-refractivity contribution in [3.8, 4) is 17.2 Å². The van der Waals surface area contributed by atoms with E-state index in [0.717, 1.165) is 12.0 Å². The van der Waals surface area contributed by atoms with Gasteiger partial charge in [0, 0.05) is 6.61 Å². The van der Waals surface area contributed by atoms with Crippen LogP contribution in [-0.2, 0) is 0 Å². The highest BCUT2D eigenvalue weighted by molar-refractivity contribution is 5.55. The Balaban J connectivity index is 2.35. The molecule has 0 aliphatic heterocycles. The van der Waals surface area contributed by atoms with Crippen molar-refractivity contribution in [2.24, 2.45) is 5.92 Å². The Bertz CT molecular complexity index is 377. The maximum Gasteiger partial charge on any atom is 0.203 e. The van der Waals surface area contributed by atoms with Crippen LogP contribution in [0.25, 0.3) is 0 Å². The first-order valence-electron chi connectivity index (χ1n) is 5.65. The number of hydrogen-bond donors (Lipinski definition) is 1. The van der Waals surface area contributed by atoms with Crippen LogP contribution in [0, 0.1) is 5.92 Å². The molecule has 1 fully saturated rings. The highest BCUT2D eigenvalue weighted by Gasteiger charge is 2.38. The van der Waals surface area contributed by atoms with Crippen LogP contribution >= 0.6 is 0 Å². The van der Waals surface area contributed by atoms with E-state index in [9.17, 15) is 0 Å². The summed E-state index contributed by atoms with van der Waals surface area (Å²) in [5.41, 5.74) is 1.14. The highest BCUT2D eigenvalue weighted by Crippen LogP contribution is 2.50. The topological polar surface area (TPSA) is 47.9 Å². The largest absolute Gasteiger partial charge is 0.493 e. The molecule has 4 nitrogen and oxygen atoms in total. The maximum atomic E-state index is 9.10. The Hall–Kier alpha value is -1.42. The fraction of sp³-hybridized carbons (Fsp3) is 0.538. The molecule has 1 aliphatic rings. The molecule has 0 spiro atoms. The predicted molar refractivity (Wildman–Crippen MR) is 64.0 cm³/mol. The lowest BCUT2D eigenvalue weighted by Gasteiger charge is -2.14. The molecule has 1 aromatic carbocycles. The van der Waals surface area contributed by atoms with Gasteiger partial charge in [-0.3, -0.25) is 0 Å². The highest BCUT2D eigenvalue weighted by atomic mass is 16.5. The molecule has 94 valence electrons. The fourth-order valence-corrected chi connectivity index (χ4v) is 2.17. The molecule has 0 aromatic heterocycles. The first-order valence-corrected chi connectivity index (χ1v) is 5.65. The van der Waals surface area contributed by atoms with Crippen LogP contribution in [0.15, 0.2) is 12.1 Å². The average molecular weight is 238 g/mol. The molecular weight excluding hydrogens is 220 g/mol. The quantitative estimate of drug-likeness (QED) is 0.850. The maximum absolute atomic E-state index is 9.10. The molecule has 0 radical (unpaired) electrons. The van der Waals surface area contributed by atoms with Gasteiger partial charge in [-0.15, -0.1) is 0 Å². The molecule has 2 atom stereocenters. The van der Waals surface area contributed by atoms with Crippen LogP contribution in [0.3, 0.4) is 0 Å². The van der Waals surface area contributed by atoms with E-state index in [2.05, 4.69) is 0 Å². The molecular formula is C13H18O4. The SMILES string of the molecule is COc1cc([C@@H]2C[C@H]2CO)cc(OC)c1OC. The van der Waals surface area contributed by atoms with Crippen molar-refractivity contribution >= 4 is 0 Å². The first-order chi connectivity index (χ1) is 8.24. The van der Waals surface area contributed by atoms with Crippen molar-refractivity contribution in [2.75, 3.05) is 27.9 Å². The zero-order valence-electron chi connectivity index (χ0n) is 10.4.